The highest BCUT2D eigenvalue weighted by Gasteiger charge is 2.23. The van der Waals surface area contributed by atoms with Crippen molar-refractivity contribution < 1.29 is 14.0 Å². The Morgan fingerprint density at radius 1 is 1.36 bits per heavy atom. The zero-order chi connectivity index (χ0) is 10.3. The number of carbonyl (C=O) groups excluding carboxylic acids is 2. The summed E-state index contributed by atoms with van der Waals surface area (Å²) in [5, 5.41) is 2.35. The largest absolute Gasteiger partial charge is 0.319 e. The van der Waals surface area contributed by atoms with Crippen LogP contribution in [-0.4, -0.2) is 11.7 Å². The van der Waals surface area contributed by atoms with Crippen LogP contribution in [0.15, 0.2) is 12.1 Å². The van der Waals surface area contributed by atoms with Gasteiger partial charge < -0.3 is 5.32 Å². The molecule has 0 saturated carbocycles. The summed E-state index contributed by atoms with van der Waals surface area (Å²) in [7, 11) is 0. The van der Waals surface area contributed by atoms with Crippen molar-refractivity contribution in [2.75, 3.05) is 5.32 Å². The Morgan fingerprint density at radius 2 is 2.07 bits per heavy atom. The van der Waals surface area contributed by atoms with Gasteiger partial charge in [-0.15, -0.1) is 0 Å². The molecule has 1 aromatic rings. The third-order valence-corrected chi connectivity index (χ3v) is 2.24. The quantitative estimate of drug-likeness (QED) is 0.629. The van der Waals surface area contributed by atoms with Crippen LogP contribution in [0, 0.1) is 12.7 Å². The first-order valence-corrected chi connectivity index (χ1v) is 4.21. The van der Waals surface area contributed by atoms with Gasteiger partial charge in [0, 0.05) is 12.1 Å². The Kier molecular flexibility index (Phi) is 1.84. The molecule has 0 fully saturated rings. The number of amides is 1. The number of aryl methyl sites for hydroxylation is 1. The molecule has 0 unspecified atom stereocenters. The molecule has 1 amide bonds. The Hall–Kier alpha value is -1.71. The number of halogens is 1. The third kappa shape index (κ3) is 1.28. The van der Waals surface area contributed by atoms with E-state index in [4.69, 9.17) is 0 Å². The molecule has 2 rings (SSSR count). The molecule has 0 spiro atoms. The summed E-state index contributed by atoms with van der Waals surface area (Å²) in [5.41, 5.74) is 1.55. The second-order valence-electron chi connectivity index (χ2n) is 3.31. The van der Waals surface area contributed by atoms with Gasteiger partial charge in [-0.2, -0.15) is 0 Å². The minimum atomic E-state index is -0.666. The van der Waals surface area contributed by atoms with Gasteiger partial charge in [-0.1, -0.05) is 6.07 Å². The van der Waals surface area contributed by atoms with E-state index in [2.05, 4.69) is 5.32 Å². The van der Waals surface area contributed by atoms with E-state index in [9.17, 15) is 14.0 Å². The van der Waals surface area contributed by atoms with Gasteiger partial charge >= 0.3 is 0 Å². The van der Waals surface area contributed by atoms with Crippen LogP contribution in [0.5, 0.6) is 0 Å². The van der Waals surface area contributed by atoms with Gasteiger partial charge in [0.25, 0.3) is 5.91 Å². The van der Waals surface area contributed by atoms with Crippen molar-refractivity contribution in [1.29, 1.82) is 0 Å². The number of carbonyl (C=O) groups is 2. The van der Waals surface area contributed by atoms with E-state index in [1.807, 2.05) is 0 Å². The summed E-state index contributed by atoms with van der Waals surface area (Å²) in [5.74, 6) is -1.53. The van der Waals surface area contributed by atoms with E-state index in [1.54, 1.807) is 13.0 Å². The summed E-state index contributed by atoms with van der Waals surface area (Å²) in [4.78, 5) is 22.0. The van der Waals surface area contributed by atoms with Gasteiger partial charge in [0.2, 0.25) is 5.78 Å². The number of ketones is 1. The van der Waals surface area contributed by atoms with Crippen LogP contribution in [0.25, 0.3) is 0 Å². The maximum atomic E-state index is 13.1. The molecule has 1 aliphatic heterocycles. The zero-order valence-corrected chi connectivity index (χ0v) is 7.56. The predicted molar refractivity (Wildman–Crippen MR) is 48.5 cm³/mol. The molecule has 14 heavy (non-hydrogen) atoms. The van der Waals surface area contributed by atoms with Crippen molar-refractivity contribution in [3.63, 3.8) is 0 Å². The first-order chi connectivity index (χ1) is 6.58. The highest BCUT2D eigenvalue weighted by atomic mass is 19.1. The highest BCUT2D eigenvalue weighted by Crippen LogP contribution is 2.24. The second kappa shape index (κ2) is 2.90. The summed E-state index contributed by atoms with van der Waals surface area (Å²) in [6.45, 7) is 1.62. The first kappa shape index (κ1) is 8.87. The van der Waals surface area contributed by atoms with Crippen LogP contribution in [-0.2, 0) is 16.0 Å². The standard InChI is InChI=1S/C10H8FNO2/c1-5-2-6-3-9(13)10(14)12-8(6)4-7(5)11/h2,4H,3H2,1H3,(H,12,14). The van der Waals surface area contributed by atoms with Gasteiger partial charge in [-0.05, 0) is 24.1 Å². The molecule has 1 aliphatic rings. The normalized spacial score (nSPS) is 15.0. The number of Topliss-reactive ketones (excluding diaryl/α,β-unsaturated/α-hetero) is 1. The molecule has 3 nitrogen and oxygen atoms in total. The van der Waals surface area contributed by atoms with E-state index in [0.717, 1.165) is 0 Å². The summed E-state index contributed by atoms with van der Waals surface area (Å²) in [6, 6.07) is 2.83. The Morgan fingerprint density at radius 3 is 2.79 bits per heavy atom. The fraction of sp³-hybridized carbons (Fsp3) is 0.200. The molecule has 0 saturated heterocycles. The Labute approximate surface area is 79.9 Å². The van der Waals surface area contributed by atoms with E-state index >= 15 is 0 Å². The lowest BCUT2D eigenvalue weighted by Gasteiger charge is -2.16. The van der Waals surface area contributed by atoms with Crippen molar-refractivity contribution in [2.24, 2.45) is 0 Å². The van der Waals surface area contributed by atoms with Crippen LogP contribution in [0.2, 0.25) is 0 Å². The number of benzene rings is 1. The lowest BCUT2D eigenvalue weighted by molar-refractivity contribution is -0.134. The minimum absolute atomic E-state index is 0.0578. The minimum Gasteiger partial charge on any atom is -0.319 e. The van der Waals surface area contributed by atoms with Gasteiger partial charge in [0.1, 0.15) is 5.82 Å². The lowest BCUT2D eigenvalue weighted by Crippen LogP contribution is -2.29. The summed E-state index contributed by atoms with van der Waals surface area (Å²) >= 11 is 0. The van der Waals surface area contributed by atoms with Crippen LogP contribution in [0.4, 0.5) is 10.1 Å². The van der Waals surface area contributed by atoms with Crippen molar-refractivity contribution in [2.45, 2.75) is 13.3 Å². The maximum absolute atomic E-state index is 13.1. The highest BCUT2D eigenvalue weighted by molar-refractivity contribution is 6.42. The molecule has 0 radical (unpaired) electrons. The number of hydrogen-bond acceptors (Lipinski definition) is 2. The zero-order valence-electron chi connectivity index (χ0n) is 7.56. The molecule has 0 aliphatic carbocycles. The van der Waals surface area contributed by atoms with E-state index in [0.29, 0.717) is 16.8 Å². The fourth-order valence-corrected chi connectivity index (χ4v) is 1.45. The van der Waals surface area contributed by atoms with Crippen LogP contribution in [0.1, 0.15) is 11.1 Å². The van der Waals surface area contributed by atoms with E-state index in [-0.39, 0.29) is 12.2 Å². The molecular formula is C10H8FNO2. The van der Waals surface area contributed by atoms with Crippen molar-refractivity contribution in [3.8, 4) is 0 Å². The number of fused-ring (bicyclic) bond motifs is 1. The predicted octanol–water partition coefficient (Wildman–Crippen LogP) is 1.20. The molecule has 0 bridgehead atoms. The SMILES string of the molecule is Cc1cc2c(cc1F)NC(=O)C(=O)C2. The van der Waals surface area contributed by atoms with Crippen LogP contribution < -0.4 is 5.32 Å². The molecule has 1 aromatic carbocycles. The average molecular weight is 193 g/mol. The van der Waals surface area contributed by atoms with Crippen LogP contribution >= 0.6 is 0 Å². The molecular weight excluding hydrogens is 185 g/mol. The van der Waals surface area contributed by atoms with E-state index < -0.39 is 11.7 Å². The smallest absolute Gasteiger partial charge is 0.292 e. The number of nitrogens with one attached hydrogen (secondary N) is 1. The molecule has 1 N–H and O–H groups in total. The van der Waals surface area contributed by atoms with Gasteiger partial charge in [0.15, 0.2) is 0 Å². The first-order valence-electron chi connectivity index (χ1n) is 4.21. The molecule has 1 heterocycles. The monoisotopic (exact) mass is 193 g/mol. The summed E-state index contributed by atoms with van der Waals surface area (Å²) < 4.78 is 13.1. The van der Waals surface area contributed by atoms with Crippen molar-refractivity contribution >= 4 is 17.4 Å². The lowest BCUT2D eigenvalue weighted by atomic mass is 10.00. The maximum Gasteiger partial charge on any atom is 0.292 e. The second-order valence-corrected chi connectivity index (χ2v) is 3.31. The topological polar surface area (TPSA) is 46.2 Å². The van der Waals surface area contributed by atoms with Crippen molar-refractivity contribution in [3.05, 3.63) is 29.1 Å². The van der Waals surface area contributed by atoms with Gasteiger partial charge in [-0.3, -0.25) is 9.59 Å². The summed E-state index contributed by atoms with van der Waals surface area (Å²) in [6.07, 6.45) is 0.0578. The Bertz CT molecular complexity index is 399. The molecule has 4 heteroatoms. The molecule has 72 valence electrons. The van der Waals surface area contributed by atoms with Gasteiger partial charge in [-0.25, -0.2) is 4.39 Å². The third-order valence-electron chi connectivity index (χ3n) is 2.24. The van der Waals surface area contributed by atoms with Crippen LogP contribution in [0.3, 0.4) is 0 Å². The van der Waals surface area contributed by atoms with Crippen molar-refractivity contribution in [1.82, 2.24) is 0 Å². The van der Waals surface area contributed by atoms with E-state index in [1.165, 1.54) is 6.07 Å². The molecule has 0 aromatic heterocycles. The number of anilines is 1. The molecule has 0 atom stereocenters. The number of hydrogen-bond donors (Lipinski definition) is 1. The Balaban J connectivity index is 2.53. The average Bonchev–Trinajstić information content (AvgIpc) is 2.11. The van der Waals surface area contributed by atoms with Gasteiger partial charge in [0.05, 0.1) is 0 Å². The number of rotatable bonds is 0. The fourth-order valence-electron chi connectivity index (χ4n) is 1.45.